The Balaban J connectivity index is 2.61. The van der Waals surface area contributed by atoms with Crippen LogP contribution in [0, 0.1) is 0 Å². The lowest BCUT2D eigenvalue weighted by molar-refractivity contribution is -0.142. The summed E-state index contributed by atoms with van der Waals surface area (Å²) in [4.78, 5) is 11.9. The van der Waals surface area contributed by atoms with Gasteiger partial charge in [0, 0.05) is 18.8 Å². The standard InChI is InChI=1S/C11H20O2S/c1-3-7-13-11(10(12)4-2)6-5-8-14-9-11/h3-9H2,1-2H3. The van der Waals surface area contributed by atoms with Gasteiger partial charge in [-0.25, -0.2) is 0 Å². The fraction of sp³-hybridized carbons (Fsp3) is 0.909. The van der Waals surface area contributed by atoms with Crippen molar-refractivity contribution in [3.8, 4) is 0 Å². The van der Waals surface area contributed by atoms with Gasteiger partial charge in [-0.3, -0.25) is 4.79 Å². The van der Waals surface area contributed by atoms with E-state index in [0.717, 1.165) is 25.0 Å². The summed E-state index contributed by atoms with van der Waals surface area (Å²) in [5.41, 5.74) is -0.437. The molecule has 1 atom stereocenters. The Bertz CT molecular complexity index is 186. The second-order valence-electron chi connectivity index (χ2n) is 3.78. The maximum Gasteiger partial charge on any atom is 0.165 e. The fourth-order valence-corrected chi connectivity index (χ4v) is 3.01. The third kappa shape index (κ3) is 2.74. The molecule has 0 aliphatic carbocycles. The van der Waals surface area contributed by atoms with Crippen molar-refractivity contribution in [2.75, 3.05) is 18.1 Å². The molecule has 0 spiro atoms. The Labute approximate surface area is 90.8 Å². The fourth-order valence-electron chi connectivity index (χ4n) is 1.80. The molecular formula is C11H20O2S. The maximum atomic E-state index is 11.9. The highest BCUT2D eigenvalue weighted by Gasteiger charge is 2.39. The highest BCUT2D eigenvalue weighted by atomic mass is 32.2. The minimum atomic E-state index is -0.437. The van der Waals surface area contributed by atoms with Gasteiger partial charge in [-0.1, -0.05) is 13.8 Å². The maximum absolute atomic E-state index is 11.9. The molecular weight excluding hydrogens is 196 g/mol. The molecule has 14 heavy (non-hydrogen) atoms. The molecule has 1 aliphatic rings. The summed E-state index contributed by atoms with van der Waals surface area (Å²) in [5, 5.41) is 0. The van der Waals surface area contributed by atoms with Gasteiger partial charge in [0.25, 0.3) is 0 Å². The van der Waals surface area contributed by atoms with Crippen LogP contribution in [0.1, 0.15) is 39.5 Å². The molecule has 0 N–H and O–H groups in total. The molecule has 1 aliphatic heterocycles. The first-order valence-corrected chi connectivity index (χ1v) is 6.65. The van der Waals surface area contributed by atoms with Crippen LogP contribution in [0.25, 0.3) is 0 Å². The predicted octanol–water partition coefficient (Wildman–Crippen LogP) is 2.66. The molecule has 1 heterocycles. The van der Waals surface area contributed by atoms with E-state index in [-0.39, 0.29) is 5.78 Å². The quantitative estimate of drug-likeness (QED) is 0.706. The van der Waals surface area contributed by atoms with E-state index in [1.807, 2.05) is 18.7 Å². The zero-order valence-corrected chi connectivity index (χ0v) is 9.99. The number of hydrogen-bond donors (Lipinski definition) is 0. The molecule has 0 amide bonds. The van der Waals surface area contributed by atoms with E-state index >= 15 is 0 Å². The van der Waals surface area contributed by atoms with Crippen molar-refractivity contribution < 1.29 is 9.53 Å². The third-order valence-electron chi connectivity index (χ3n) is 2.62. The molecule has 0 bridgehead atoms. The highest BCUT2D eigenvalue weighted by molar-refractivity contribution is 7.99. The van der Waals surface area contributed by atoms with Gasteiger partial charge in [-0.2, -0.15) is 11.8 Å². The monoisotopic (exact) mass is 216 g/mol. The average molecular weight is 216 g/mol. The number of ketones is 1. The van der Waals surface area contributed by atoms with Crippen molar-refractivity contribution in [1.29, 1.82) is 0 Å². The number of thioether (sulfide) groups is 1. The lowest BCUT2D eigenvalue weighted by atomic mass is 9.92. The van der Waals surface area contributed by atoms with E-state index in [1.165, 1.54) is 5.75 Å². The van der Waals surface area contributed by atoms with Crippen molar-refractivity contribution in [1.82, 2.24) is 0 Å². The van der Waals surface area contributed by atoms with Crippen molar-refractivity contribution >= 4 is 17.5 Å². The first-order valence-electron chi connectivity index (χ1n) is 5.50. The van der Waals surface area contributed by atoms with Crippen LogP contribution >= 0.6 is 11.8 Å². The lowest BCUT2D eigenvalue weighted by Gasteiger charge is -2.35. The van der Waals surface area contributed by atoms with Crippen LogP contribution in [0.3, 0.4) is 0 Å². The smallest absolute Gasteiger partial charge is 0.165 e. The molecule has 1 rings (SSSR count). The molecule has 3 heteroatoms. The van der Waals surface area contributed by atoms with E-state index in [1.54, 1.807) is 0 Å². The summed E-state index contributed by atoms with van der Waals surface area (Å²) < 4.78 is 5.80. The molecule has 0 saturated carbocycles. The Morgan fingerprint density at radius 1 is 1.50 bits per heavy atom. The third-order valence-corrected chi connectivity index (χ3v) is 3.86. The van der Waals surface area contributed by atoms with Crippen LogP contribution < -0.4 is 0 Å². The zero-order chi connectivity index (χ0) is 10.4. The van der Waals surface area contributed by atoms with E-state index in [9.17, 15) is 4.79 Å². The van der Waals surface area contributed by atoms with Crippen molar-refractivity contribution in [3.63, 3.8) is 0 Å². The van der Waals surface area contributed by atoms with Gasteiger partial charge in [0.15, 0.2) is 5.78 Å². The second kappa shape index (κ2) is 5.76. The van der Waals surface area contributed by atoms with Gasteiger partial charge in [0.1, 0.15) is 5.60 Å². The van der Waals surface area contributed by atoms with E-state index in [4.69, 9.17) is 4.74 Å². The first kappa shape index (κ1) is 12.1. The highest BCUT2D eigenvalue weighted by Crippen LogP contribution is 2.31. The van der Waals surface area contributed by atoms with Crippen LogP contribution in [-0.4, -0.2) is 29.5 Å². The summed E-state index contributed by atoms with van der Waals surface area (Å²) in [6.45, 7) is 4.73. The van der Waals surface area contributed by atoms with Gasteiger partial charge >= 0.3 is 0 Å². The molecule has 0 aromatic heterocycles. The normalized spacial score (nSPS) is 27.6. The van der Waals surface area contributed by atoms with Gasteiger partial charge in [0.05, 0.1) is 0 Å². The average Bonchev–Trinajstić information content (AvgIpc) is 2.26. The SMILES string of the molecule is CCCOC1(C(=O)CC)CCCSC1. The second-order valence-corrected chi connectivity index (χ2v) is 4.88. The summed E-state index contributed by atoms with van der Waals surface area (Å²) in [6, 6.07) is 0. The summed E-state index contributed by atoms with van der Waals surface area (Å²) >= 11 is 1.85. The first-order chi connectivity index (χ1) is 6.75. The lowest BCUT2D eigenvalue weighted by Crippen LogP contribution is -2.46. The van der Waals surface area contributed by atoms with Crippen molar-refractivity contribution in [2.24, 2.45) is 0 Å². The molecule has 1 unspecified atom stereocenters. The van der Waals surface area contributed by atoms with Crippen LogP contribution in [0.4, 0.5) is 0 Å². The molecule has 1 saturated heterocycles. The summed E-state index contributed by atoms with van der Waals surface area (Å²) in [7, 11) is 0. The number of Topliss-reactive ketones (excluding diaryl/α,β-unsaturated/α-hetero) is 1. The number of rotatable bonds is 5. The Kier molecular flexibility index (Phi) is 4.96. The molecule has 0 aromatic carbocycles. The van der Waals surface area contributed by atoms with Gasteiger partial charge in [-0.05, 0) is 25.0 Å². The topological polar surface area (TPSA) is 26.3 Å². The van der Waals surface area contributed by atoms with Gasteiger partial charge in [-0.15, -0.1) is 0 Å². The molecule has 0 aromatic rings. The van der Waals surface area contributed by atoms with E-state index < -0.39 is 5.60 Å². The Morgan fingerprint density at radius 3 is 2.79 bits per heavy atom. The van der Waals surface area contributed by atoms with Crippen LogP contribution in [0.2, 0.25) is 0 Å². The molecule has 0 radical (unpaired) electrons. The van der Waals surface area contributed by atoms with Gasteiger partial charge < -0.3 is 4.74 Å². The van der Waals surface area contributed by atoms with Crippen molar-refractivity contribution in [3.05, 3.63) is 0 Å². The van der Waals surface area contributed by atoms with E-state index in [0.29, 0.717) is 13.0 Å². The van der Waals surface area contributed by atoms with Crippen LogP contribution in [-0.2, 0) is 9.53 Å². The minimum Gasteiger partial charge on any atom is -0.366 e. The number of carbonyl (C=O) groups excluding carboxylic acids is 1. The summed E-state index contributed by atoms with van der Waals surface area (Å²) in [6.07, 6.45) is 3.63. The van der Waals surface area contributed by atoms with Gasteiger partial charge in [0.2, 0.25) is 0 Å². The predicted molar refractivity (Wildman–Crippen MR) is 60.8 cm³/mol. The Morgan fingerprint density at radius 2 is 2.29 bits per heavy atom. The van der Waals surface area contributed by atoms with Crippen LogP contribution in [0.15, 0.2) is 0 Å². The molecule has 2 nitrogen and oxygen atoms in total. The minimum absolute atomic E-state index is 0.290. The number of carbonyl (C=O) groups is 1. The van der Waals surface area contributed by atoms with Crippen molar-refractivity contribution in [2.45, 2.75) is 45.1 Å². The van der Waals surface area contributed by atoms with E-state index in [2.05, 4.69) is 6.92 Å². The van der Waals surface area contributed by atoms with Crippen LogP contribution in [0.5, 0.6) is 0 Å². The zero-order valence-electron chi connectivity index (χ0n) is 9.17. The number of ether oxygens (including phenoxy) is 1. The largest absolute Gasteiger partial charge is 0.366 e. The molecule has 1 fully saturated rings. The molecule has 82 valence electrons. The number of hydrogen-bond acceptors (Lipinski definition) is 3. The summed E-state index contributed by atoms with van der Waals surface area (Å²) in [5.74, 6) is 2.33. The Hall–Kier alpha value is -0.0200.